The molecule has 0 spiro atoms. The lowest BCUT2D eigenvalue weighted by molar-refractivity contribution is -0.149. The number of Topliss-reactive ketones (excluding diaryl/α,β-unsaturated/α-hetero) is 1. The van der Waals surface area contributed by atoms with Gasteiger partial charge in [0.05, 0.1) is 12.6 Å². The Balaban J connectivity index is 1.43. The van der Waals surface area contributed by atoms with Crippen LogP contribution in [0.3, 0.4) is 0 Å². The van der Waals surface area contributed by atoms with Gasteiger partial charge in [-0.25, -0.2) is 0 Å². The van der Waals surface area contributed by atoms with Crippen molar-refractivity contribution in [2.75, 3.05) is 13.1 Å². The number of aryl methyl sites for hydroxylation is 1. The molecule has 3 aromatic carbocycles. The lowest BCUT2D eigenvalue weighted by Gasteiger charge is -2.34. The number of aromatic hydroxyl groups is 1. The smallest absolute Gasteiger partial charge is 0.255 e. The zero-order valence-electron chi connectivity index (χ0n) is 19.0. The van der Waals surface area contributed by atoms with E-state index in [1.165, 1.54) is 21.9 Å². The Morgan fingerprint density at radius 3 is 2.46 bits per heavy atom. The second-order valence-corrected chi connectivity index (χ2v) is 9.03. The van der Waals surface area contributed by atoms with Crippen molar-refractivity contribution in [3.05, 3.63) is 77.9 Å². The minimum atomic E-state index is -1.85. The number of phenolic OH excluding ortho intramolecular Hbond substituents is 1. The van der Waals surface area contributed by atoms with Crippen LogP contribution in [0.4, 0.5) is 0 Å². The molecule has 2 aliphatic heterocycles. The van der Waals surface area contributed by atoms with Crippen molar-refractivity contribution in [3.63, 3.8) is 0 Å². The Bertz CT molecular complexity index is 1350. The Morgan fingerprint density at radius 2 is 1.71 bits per heavy atom. The number of hydrogen-bond donors (Lipinski definition) is 2. The maximum atomic E-state index is 13.6. The van der Waals surface area contributed by atoms with E-state index < -0.39 is 23.3 Å². The average molecular weight is 472 g/mol. The van der Waals surface area contributed by atoms with Crippen LogP contribution in [0.2, 0.25) is 0 Å². The van der Waals surface area contributed by atoms with Crippen LogP contribution in [0.25, 0.3) is 10.8 Å². The largest absolute Gasteiger partial charge is 0.508 e. The molecule has 8 heteroatoms. The fourth-order valence-electron chi connectivity index (χ4n) is 5.50. The second-order valence-electron chi connectivity index (χ2n) is 9.03. The third-order valence-corrected chi connectivity index (χ3v) is 7.17. The van der Waals surface area contributed by atoms with Crippen molar-refractivity contribution in [2.45, 2.75) is 30.8 Å². The van der Waals surface area contributed by atoms with Crippen molar-refractivity contribution in [2.24, 2.45) is 5.73 Å². The van der Waals surface area contributed by atoms with E-state index in [9.17, 15) is 24.3 Å². The number of amides is 3. The molecule has 3 amide bonds. The summed E-state index contributed by atoms with van der Waals surface area (Å²) in [6.45, 7) is -0.121. The van der Waals surface area contributed by atoms with E-state index >= 15 is 0 Å². The van der Waals surface area contributed by atoms with Crippen LogP contribution in [0.1, 0.15) is 28.8 Å². The highest BCUT2D eigenvalue weighted by Gasteiger charge is 2.67. The van der Waals surface area contributed by atoms with Gasteiger partial charge in [-0.1, -0.05) is 48.5 Å². The van der Waals surface area contributed by atoms with E-state index in [-0.39, 0.29) is 43.5 Å². The monoisotopic (exact) mass is 471 g/mol. The van der Waals surface area contributed by atoms with Gasteiger partial charge in [0.15, 0.2) is 5.78 Å². The van der Waals surface area contributed by atoms with Gasteiger partial charge in [0.1, 0.15) is 5.75 Å². The zero-order chi connectivity index (χ0) is 24.7. The summed E-state index contributed by atoms with van der Waals surface area (Å²) in [5, 5.41) is 11.1. The summed E-state index contributed by atoms with van der Waals surface area (Å²) in [7, 11) is 0. The number of phenols is 1. The summed E-state index contributed by atoms with van der Waals surface area (Å²) in [6.07, 6.45) is 0.731. The molecule has 0 bridgehead atoms. The molecule has 2 fully saturated rings. The van der Waals surface area contributed by atoms with E-state index in [0.717, 1.165) is 16.3 Å². The molecule has 3 aromatic rings. The van der Waals surface area contributed by atoms with E-state index in [0.29, 0.717) is 12.0 Å². The molecule has 178 valence electrons. The van der Waals surface area contributed by atoms with Crippen molar-refractivity contribution in [1.29, 1.82) is 0 Å². The number of likely N-dealkylation sites (tertiary alicyclic amines) is 2. The Labute approximate surface area is 201 Å². The predicted molar refractivity (Wildman–Crippen MR) is 128 cm³/mol. The highest BCUT2D eigenvalue weighted by atomic mass is 16.3. The van der Waals surface area contributed by atoms with Crippen LogP contribution in [-0.2, 0) is 20.8 Å². The summed E-state index contributed by atoms with van der Waals surface area (Å²) in [4.78, 5) is 55.7. The molecular formula is C27H25N3O5. The first kappa shape index (κ1) is 22.6. The number of carbonyl (C=O) groups is 4. The maximum Gasteiger partial charge on any atom is 0.255 e. The van der Waals surface area contributed by atoms with Crippen LogP contribution in [0, 0.1) is 0 Å². The van der Waals surface area contributed by atoms with Crippen LogP contribution in [-0.4, -0.2) is 63.1 Å². The highest BCUT2D eigenvalue weighted by Crippen LogP contribution is 2.41. The van der Waals surface area contributed by atoms with Gasteiger partial charge in [0.2, 0.25) is 11.4 Å². The van der Waals surface area contributed by atoms with Crippen LogP contribution < -0.4 is 5.73 Å². The SMILES string of the molecule is NC(=O)C12C(=O)CN(C(=O)c3cccc4ccccc34)C1CCN2C(=O)CCc1ccc(O)cc1. The Morgan fingerprint density at radius 1 is 1.00 bits per heavy atom. The number of ketones is 1. The molecule has 8 nitrogen and oxygen atoms in total. The number of rotatable bonds is 5. The van der Waals surface area contributed by atoms with Crippen LogP contribution in [0.5, 0.6) is 5.75 Å². The van der Waals surface area contributed by atoms with Gasteiger partial charge in [-0.15, -0.1) is 0 Å². The summed E-state index contributed by atoms with van der Waals surface area (Å²) < 4.78 is 0. The van der Waals surface area contributed by atoms with Crippen molar-refractivity contribution < 1.29 is 24.3 Å². The zero-order valence-corrected chi connectivity index (χ0v) is 19.0. The lowest BCUT2D eigenvalue weighted by Crippen LogP contribution is -2.64. The van der Waals surface area contributed by atoms with Crippen LogP contribution in [0.15, 0.2) is 66.7 Å². The first-order valence-corrected chi connectivity index (χ1v) is 11.5. The van der Waals surface area contributed by atoms with E-state index in [4.69, 9.17) is 5.73 Å². The van der Waals surface area contributed by atoms with Gasteiger partial charge in [-0.2, -0.15) is 0 Å². The second kappa shape index (κ2) is 8.54. The molecular weight excluding hydrogens is 446 g/mol. The number of nitrogens with zero attached hydrogens (tertiary/aromatic N) is 2. The van der Waals surface area contributed by atoms with Crippen molar-refractivity contribution in [3.8, 4) is 5.75 Å². The molecule has 0 aromatic heterocycles. The average Bonchev–Trinajstić information content (AvgIpc) is 3.40. The Hall–Kier alpha value is -4.20. The molecule has 2 heterocycles. The van der Waals surface area contributed by atoms with Crippen molar-refractivity contribution in [1.82, 2.24) is 9.80 Å². The summed E-state index contributed by atoms with van der Waals surface area (Å²) >= 11 is 0. The molecule has 2 unspecified atom stereocenters. The van der Waals surface area contributed by atoms with Gasteiger partial charge < -0.3 is 20.6 Å². The Kier molecular flexibility index (Phi) is 5.51. The molecule has 2 aliphatic rings. The fourth-order valence-corrected chi connectivity index (χ4v) is 5.50. The van der Waals surface area contributed by atoms with E-state index in [2.05, 4.69) is 0 Å². The fraction of sp³-hybridized carbons (Fsp3) is 0.259. The molecule has 0 radical (unpaired) electrons. The minimum absolute atomic E-state index is 0.0665. The topological polar surface area (TPSA) is 121 Å². The highest BCUT2D eigenvalue weighted by molar-refractivity contribution is 6.19. The van der Waals surface area contributed by atoms with E-state index in [1.54, 1.807) is 24.3 Å². The molecule has 35 heavy (non-hydrogen) atoms. The lowest BCUT2D eigenvalue weighted by atomic mass is 9.88. The van der Waals surface area contributed by atoms with Gasteiger partial charge in [0, 0.05) is 18.5 Å². The van der Waals surface area contributed by atoms with Gasteiger partial charge in [0.25, 0.3) is 11.8 Å². The molecule has 2 atom stereocenters. The standard InChI is InChI=1S/C27H25N3O5/c28-26(35)27-22(14-15-30(27)24(33)13-10-17-8-11-19(31)12-9-17)29(16-23(27)32)25(34)21-7-3-5-18-4-1-2-6-20(18)21/h1-9,11-12,22,31H,10,13-16H2,(H2,28,35). The third-order valence-electron chi connectivity index (χ3n) is 7.17. The first-order chi connectivity index (χ1) is 16.8. The van der Waals surface area contributed by atoms with E-state index in [1.807, 2.05) is 30.3 Å². The number of hydrogen-bond acceptors (Lipinski definition) is 5. The number of benzene rings is 3. The summed E-state index contributed by atoms with van der Waals surface area (Å²) in [5.41, 5.74) is 5.21. The van der Waals surface area contributed by atoms with Gasteiger partial charge in [-0.3, -0.25) is 19.2 Å². The predicted octanol–water partition coefficient (Wildman–Crippen LogP) is 2.03. The number of carbonyl (C=O) groups excluding carboxylic acids is 4. The minimum Gasteiger partial charge on any atom is -0.508 e. The molecule has 3 N–H and O–H groups in total. The molecule has 2 saturated heterocycles. The first-order valence-electron chi connectivity index (χ1n) is 11.5. The van der Waals surface area contributed by atoms with Gasteiger partial charge >= 0.3 is 0 Å². The number of primary amides is 1. The van der Waals surface area contributed by atoms with Crippen molar-refractivity contribution >= 4 is 34.3 Å². The van der Waals surface area contributed by atoms with Gasteiger partial charge in [-0.05, 0) is 47.4 Å². The quantitative estimate of drug-likeness (QED) is 0.552. The summed E-state index contributed by atoms with van der Waals surface area (Å²) in [5.74, 6) is -2.04. The molecule has 0 aliphatic carbocycles. The van der Waals surface area contributed by atoms with Crippen LogP contribution >= 0.6 is 0 Å². The third kappa shape index (κ3) is 3.53. The molecule has 5 rings (SSSR count). The normalized spacial score (nSPS) is 21.4. The summed E-state index contributed by atoms with van der Waals surface area (Å²) in [6, 6.07) is 18.5. The molecule has 0 saturated carbocycles. The number of nitrogens with two attached hydrogens (primary N) is 1. The maximum absolute atomic E-state index is 13.6. The number of fused-ring (bicyclic) bond motifs is 2.